The molecule has 3 N–H and O–H groups in total. The van der Waals surface area contributed by atoms with Crippen molar-refractivity contribution in [3.8, 4) is 0 Å². The number of carboxylic acid groups (broad SMARTS) is 1. The fraction of sp³-hybridized carbons (Fsp3) is 0.333. The van der Waals surface area contributed by atoms with Gasteiger partial charge in [0.25, 0.3) is 5.79 Å². The summed E-state index contributed by atoms with van der Waals surface area (Å²) in [4.78, 5) is 22.5. The second-order valence-electron chi connectivity index (χ2n) is 4.96. The molecule has 0 radical (unpaired) electrons. The van der Waals surface area contributed by atoms with Crippen LogP contribution in [-0.2, 0) is 14.3 Å². The summed E-state index contributed by atoms with van der Waals surface area (Å²) >= 11 is 0. The zero-order valence-electron chi connectivity index (χ0n) is 12.2. The minimum absolute atomic E-state index is 0.0262. The standard InChI is InChI=1S/C15H17NO6/c1-9(15(20)12(21-2)7-13(17)22-15)8-16-11-6-4-3-5-10(11)14(18)19/h3-7,9,16,20H,8H2,1-2H3,(H,18,19)/t9-,15+/m0/s1. The molecule has 1 aromatic rings. The SMILES string of the molecule is COC1=CC(=O)O[C@]1(O)[C@@H](C)CNc1ccccc1C(=O)O. The van der Waals surface area contributed by atoms with Crippen molar-refractivity contribution < 1.29 is 29.3 Å². The molecular formula is C15H17NO6. The second-order valence-corrected chi connectivity index (χ2v) is 4.96. The Bertz CT molecular complexity index is 626. The van der Waals surface area contributed by atoms with Crippen molar-refractivity contribution in [1.82, 2.24) is 0 Å². The lowest BCUT2D eigenvalue weighted by Crippen LogP contribution is -2.43. The van der Waals surface area contributed by atoms with Crippen molar-refractivity contribution >= 4 is 17.6 Å². The molecule has 1 aliphatic rings. The summed E-state index contributed by atoms with van der Waals surface area (Å²) in [6.07, 6.45) is 1.09. The Morgan fingerprint density at radius 1 is 1.45 bits per heavy atom. The number of cyclic esters (lactones) is 1. The van der Waals surface area contributed by atoms with Gasteiger partial charge in [0, 0.05) is 18.2 Å². The molecule has 22 heavy (non-hydrogen) atoms. The van der Waals surface area contributed by atoms with E-state index in [1.54, 1.807) is 25.1 Å². The van der Waals surface area contributed by atoms with Crippen molar-refractivity contribution in [1.29, 1.82) is 0 Å². The average Bonchev–Trinajstić information content (AvgIpc) is 2.80. The lowest BCUT2D eigenvalue weighted by Gasteiger charge is -2.30. The third kappa shape index (κ3) is 2.89. The highest BCUT2D eigenvalue weighted by atomic mass is 16.7. The molecule has 2 atom stereocenters. The molecule has 0 spiro atoms. The van der Waals surface area contributed by atoms with Crippen LogP contribution in [0.15, 0.2) is 36.1 Å². The van der Waals surface area contributed by atoms with Crippen LogP contribution in [-0.4, -0.2) is 41.6 Å². The summed E-state index contributed by atoms with van der Waals surface area (Å²) in [5.41, 5.74) is 0.533. The quantitative estimate of drug-likeness (QED) is 0.678. The number of anilines is 1. The Morgan fingerprint density at radius 2 is 2.14 bits per heavy atom. The van der Waals surface area contributed by atoms with E-state index in [4.69, 9.17) is 14.6 Å². The van der Waals surface area contributed by atoms with Gasteiger partial charge in [-0.05, 0) is 12.1 Å². The van der Waals surface area contributed by atoms with Gasteiger partial charge in [0.05, 0.1) is 18.7 Å². The van der Waals surface area contributed by atoms with Crippen LogP contribution in [0.5, 0.6) is 0 Å². The fourth-order valence-electron chi connectivity index (χ4n) is 2.22. The van der Waals surface area contributed by atoms with Gasteiger partial charge < -0.3 is 25.0 Å². The highest BCUT2D eigenvalue weighted by Crippen LogP contribution is 2.33. The molecule has 0 saturated heterocycles. The number of ether oxygens (including phenoxy) is 2. The summed E-state index contributed by atoms with van der Waals surface area (Å²) in [7, 11) is 1.33. The summed E-state index contributed by atoms with van der Waals surface area (Å²) in [5.74, 6) is -4.14. The molecule has 0 fully saturated rings. The maximum atomic E-state index is 11.3. The smallest absolute Gasteiger partial charge is 0.337 e. The molecule has 1 heterocycles. The van der Waals surface area contributed by atoms with E-state index < -0.39 is 23.6 Å². The van der Waals surface area contributed by atoms with E-state index in [0.29, 0.717) is 5.69 Å². The number of carbonyl (C=O) groups is 2. The van der Waals surface area contributed by atoms with Gasteiger partial charge in [-0.3, -0.25) is 0 Å². The summed E-state index contributed by atoms with van der Waals surface area (Å²) in [5, 5.41) is 22.5. The zero-order valence-corrected chi connectivity index (χ0v) is 12.2. The first-order valence-corrected chi connectivity index (χ1v) is 6.66. The first-order valence-electron chi connectivity index (χ1n) is 6.66. The molecule has 0 amide bonds. The number of para-hydroxylation sites is 1. The van der Waals surface area contributed by atoms with Gasteiger partial charge in [-0.1, -0.05) is 19.1 Å². The monoisotopic (exact) mass is 307 g/mol. The molecule has 0 aliphatic carbocycles. The maximum absolute atomic E-state index is 11.3. The number of carboxylic acids is 1. The Balaban J connectivity index is 2.11. The van der Waals surface area contributed by atoms with Gasteiger partial charge in [0.1, 0.15) is 0 Å². The van der Waals surface area contributed by atoms with E-state index in [2.05, 4.69) is 5.32 Å². The third-order valence-corrected chi connectivity index (χ3v) is 3.50. The first kappa shape index (κ1) is 15.8. The highest BCUT2D eigenvalue weighted by Gasteiger charge is 2.47. The summed E-state index contributed by atoms with van der Waals surface area (Å²) < 4.78 is 9.90. The van der Waals surface area contributed by atoms with Crippen LogP contribution in [0.3, 0.4) is 0 Å². The number of aromatic carboxylic acids is 1. The van der Waals surface area contributed by atoms with Gasteiger partial charge in [-0.15, -0.1) is 0 Å². The predicted molar refractivity (Wildman–Crippen MR) is 77.2 cm³/mol. The van der Waals surface area contributed by atoms with Crippen LogP contribution >= 0.6 is 0 Å². The molecule has 1 aromatic carbocycles. The van der Waals surface area contributed by atoms with E-state index in [0.717, 1.165) is 6.08 Å². The number of esters is 1. The van der Waals surface area contributed by atoms with Gasteiger partial charge >= 0.3 is 11.9 Å². The van der Waals surface area contributed by atoms with E-state index in [-0.39, 0.29) is 17.9 Å². The topological polar surface area (TPSA) is 105 Å². The highest BCUT2D eigenvalue weighted by molar-refractivity contribution is 5.94. The van der Waals surface area contributed by atoms with Gasteiger partial charge in [-0.25, -0.2) is 9.59 Å². The molecule has 7 nitrogen and oxygen atoms in total. The van der Waals surface area contributed by atoms with Crippen molar-refractivity contribution in [2.45, 2.75) is 12.7 Å². The minimum atomic E-state index is -1.86. The van der Waals surface area contributed by atoms with Crippen LogP contribution in [0, 0.1) is 5.92 Å². The van der Waals surface area contributed by atoms with E-state index in [9.17, 15) is 14.7 Å². The molecule has 1 aliphatic heterocycles. The van der Waals surface area contributed by atoms with Crippen LogP contribution in [0.1, 0.15) is 17.3 Å². The number of carbonyl (C=O) groups excluding carboxylic acids is 1. The lowest BCUT2D eigenvalue weighted by molar-refractivity contribution is -0.207. The lowest BCUT2D eigenvalue weighted by atomic mass is 9.99. The Kier molecular flexibility index (Phi) is 4.37. The number of methoxy groups -OCH3 is 1. The Labute approximate surface area is 127 Å². The Hall–Kier alpha value is -2.54. The molecule has 7 heteroatoms. The van der Waals surface area contributed by atoms with Crippen LogP contribution in [0.25, 0.3) is 0 Å². The maximum Gasteiger partial charge on any atom is 0.337 e. The zero-order chi connectivity index (χ0) is 16.3. The van der Waals surface area contributed by atoms with Gasteiger partial charge in [0.2, 0.25) is 0 Å². The van der Waals surface area contributed by atoms with Crippen molar-refractivity contribution in [3.63, 3.8) is 0 Å². The molecule has 118 valence electrons. The number of aliphatic hydroxyl groups is 1. The van der Waals surface area contributed by atoms with Crippen LogP contribution < -0.4 is 5.32 Å². The average molecular weight is 307 g/mol. The molecule has 0 unspecified atom stereocenters. The number of nitrogens with one attached hydrogen (secondary N) is 1. The van der Waals surface area contributed by atoms with E-state index >= 15 is 0 Å². The van der Waals surface area contributed by atoms with Gasteiger partial charge in [0.15, 0.2) is 5.76 Å². The van der Waals surface area contributed by atoms with Crippen LogP contribution in [0.2, 0.25) is 0 Å². The fourth-order valence-corrected chi connectivity index (χ4v) is 2.22. The normalized spacial score (nSPS) is 21.8. The van der Waals surface area contributed by atoms with E-state index in [1.807, 2.05) is 0 Å². The van der Waals surface area contributed by atoms with Gasteiger partial charge in [-0.2, -0.15) is 0 Å². The number of hydrogen-bond acceptors (Lipinski definition) is 6. The predicted octanol–water partition coefficient (Wildman–Crippen LogP) is 1.21. The van der Waals surface area contributed by atoms with Crippen LogP contribution in [0.4, 0.5) is 5.69 Å². The molecule has 0 saturated carbocycles. The molecule has 2 rings (SSSR count). The van der Waals surface area contributed by atoms with Crippen molar-refractivity contribution in [3.05, 3.63) is 41.7 Å². The minimum Gasteiger partial charge on any atom is -0.494 e. The Morgan fingerprint density at radius 3 is 2.77 bits per heavy atom. The molecule has 0 bridgehead atoms. The molecular weight excluding hydrogens is 290 g/mol. The van der Waals surface area contributed by atoms with E-state index in [1.165, 1.54) is 13.2 Å². The number of hydrogen-bond donors (Lipinski definition) is 3. The number of rotatable bonds is 6. The summed E-state index contributed by atoms with van der Waals surface area (Å²) in [6.45, 7) is 1.83. The largest absolute Gasteiger partial charge is 0.494 e. The first-order chi connectivity index (χ1) is 10.4. The van der Waals surface area contributed by atoms with Crippen molar-refractivity contribution in [2.24, 2.45) is 5.92 Å². The molecule has 0 aromatic heterocycles. The third-order valence-electron chi connectivity index (χ3n) is 3.50. The summed E-state index contributed by atoms with van der Waals surface area (Å²) in [6, 6.07) is 6.41. The second kappa shape index (κ2) is 6.07. The number of benzene rings is 1. The van der Waals surface area contributed by atoms with Crippen molar-refractivity contribution in [2.75, 3.05) is 19.0 Å².